The van der Waals surface area contributed by atoms with Crippen molar-refractivity contribution in [2.24, 2.45) is 11.7 Å². The van der Waals surface area contributed by atoms with Gasteiger partial charge in [0.2, 0.25) is 0 Å². The van der Waals surface area contributed by atoms with Crippen LogP contribution in [0.1, 0.15) is 18.4 Å². The predicted octanol–water partition coefficient (Wildman–Crippen LogP) is 3.58. The summed E-state index contributed by atoms with van der Waals surface area (Å²) in [6.07, 6.45) is -3.84. The molecule has 1 aromatic carbocycles. The van der Waals surface area contributed by atoms with Crippen molar-refractivity contribution in [3.63, 3.8) is 0 Å². The van der Waals surface area contributed by atoms with E-state index in [1.165, 1.54) is 0 Å². The summed E-state index contributed by atoms with van der Waals surface area (Å²) in [6, 6.07) is 5.41. The first-order valence-electron chi connectivity index (χ1n) is 6.22. The number of nitrogens with zero attached hydrogens (tertiary/aromatic N) is 1. The highest BCUT2D eigenvalue weighted by Crippen LogP contribution is 2.36. The van der Waals surface area contributed by atoms with Crippen molar-refractivity contribution >= 4 is 17.3 Å². The van der Waals surface area contributed by atoms with E-state index in [0.717, 1.165) is 11.3 Å². The van der Waals surface area contributed by atoms with Crippen LogP contribution in [-0.4, -0.2) is 19.3 Å². The number of anilines is 1. The smallest absolute Gasteiger partial charge is 0.371 e. The molecule has 0 unspecified atom stereocenters. The van der Waals surface area contributed by atoms with Gasteiger partial charge in [0.15, 0.2) is 0 Å². The lowest BCUT2D eigenvalue weighted by molar-refractivity contribution is -0.179. The lowest BCUT2D eigenvalue weighted by Crippen LogP contribution is -2.39. The summed E-state index contributed by atoms with van der Waals surface area (Å²) in [6.45, 7) is 1.06. The van der Waals surface area contributed by atoms with Crippen LogP contribution in [0.3, 0.4) is 0 Å². The van der Waals surface area contributed by atoms with E-state index in [2.05, 4.69) is 0 Å². The van der Waals surface area contributed by atoms with Gasteiger partial charge in [-0.05, 0) is 25.0 Å². The topological polar surface area (TPSA) is 29.3 Å². The molecule has 1 aromatic rings. The molecule has 1 fully saturated rings. The van der Waals surface area contributed by atoms with Crippen LogP contribution >= 0.6 is 11.6 Å². The normalized spacial score (nSPS) is 17.8. The van der Waals surface area contributed by atoms with E-state index >= 15 is 0 Å². The molecular weight excluding hydrogens is 277 g/mol. The van der Waals surface area contributed by atoms with Gasteiger partial charge < -0.3 is 10.6 Å². The van der Waals surface area contributed by atoms with Crippen LogP contribution in [0.5, 0.6) is 0 Å². The number of benzene rings is 1. The van der Waals surface area contributed by atoms with Crippen molar-refractivity contribution in [2.45, 2.75) is 25.6 Å². The second-order valence-corrected chi connectivity index (χ2v) is 5.15. The van der Waals surface area contributed by atoms with E-state index in [0.29, 0.717) is 18.1 Å². The maximum absolute atomic E-state index is 12.6. The van der Waals surface area contributed by atoms with E-state index in [9.17, 15) is 13.2 Å². The molecule has 0 atom stereocenters. The van der Waals surface area contributed by atoms with Gasteiger partial charge in [0.1, 0.15) is 0 Å². The third-order valence-corrected chi connectivity index (χ3v) is 3.95. The van der Waals surface area contributed by atoms with E-state index in [4.69, 9.17) is 17.3 Å². The summed E-state index contributed by atoms with van der Waals surface area (Å²) in [7, 11) is 0. The van der Waals surface area contributed by atoms with E-state index < -0.39 is 12.1 Å². The molecular formula is C13H16ClF3N2. The zero-order chi connectivity index (χ0) is 14.0. The maximum Gasteiger partial charge on any atom is 0.391 e. The minimum Gasteiger partial charge on any atom is -0.371 e. The molecule has 6 heteroatoms. The highest BCUT2D eigenvalue weighted by atomic mass is 35.5. The molecule has 2 N–H and O–H groups in total. The van der Waals surface area contributed by atoms with Crippen molar-refractivity contribution in [2.75, 3.05) is 18.0 Å². The molecule has 2 nitrogen and oxygen atoms in total. The minimum atomic E-state index is -4.09. The highest BCUT2D eigenvalue weighted by molar-refractivity contribution is 6.31. The van der Waals surface area contributed by atoms with Crippen LogP contribution in [-0.2, 0) is 6.54 Å². The molecule has 1 heterocycles. The first-order valence-corrected chi connectivity index (χ1v) is 6.60. The van der Waals surface area contributed by atoms with Crippen molar-refractivity contribution < 1.29 is 13.2 Å². The number of hydrogen-bond donors (Lipinski definition) is 1. The van der Waals surface area contributed by atoms with Gasteiger partial charge in [-0.1, -0.05) is 17.7 Å². The number of halogens is 4. The molecule has 0 amide bonds. The lowest BCUT2D eigenvalue weighted by atomic mass is 9.95. The Labute approximate surface area is 115 Å². The Morgan fingerprint density at radius 1 is 1.26 bits per heavy atom. The number of alkyl halides is 3. The third-order valence-electron chi connectivity index (χ3n) is 3.60. The predicted molar refractivity (Wildman–Crippen MR) is 70.3 cm³/mol. The van der Waals surface area contributed by atoms with Crippen molar-refractivity contribution in [1.29, 1.82) is 0 Å². The molecule has 1 aliphatic rings. The van der Waals surface area contributed by atoms with Gasteiger partial charge in [-0.3, -0.25) is 0 Å². The van der Waals surface area contributed by atoms with Gasteiger partial charge in [-0.15, -0.1) is 0 Å². The van der Waals surface area contributed by atoms with Crippen molar-refractivity contribution in [3.05, 3.63) is 28.8 Å². The largest absolute Gasteiger partial charge is 0.391 e. The average Bonchev–Trinajstić information content (AvgIpc) is 2.37. The van der Waals surface area contributed by atoms with Crippen LogP contribution in [0, 0.1) is 5.92 Å². The molecule has 0 aliphatic carbocycles. The van der Waals surface area contributed by atoms with E-state index in [-0.39, 0.29) is 19.4 Å². The van der Waals surface area contributed by atoms with Crippen LogP contribution in [0.4, 0.5) is 18.9 Å². The Kier molecular flexibility index (Phi) is 4.26. The fraction of sp³-hybridized carbons (Fsp3) is 0.538. The lowest BCUT2D eigenvalue weighted by Gasteiger charge is -2.35. The molecule has 1 aliphatic heterocycles. The van der Waals surface area contributed by atoms with Crippen molar-refractivity contribution in [3.8, 4) is 0 Å². The van der Waals surface area contributed by atoms with Crippen LogP contribution in [0.25, 0.3) is 0 Å². The Hall–Kier alpha value is -0.940. The van der Waals surface area contributed by atoms with Gasteiger partial charge >= 0.3 is 6.18 Å². The molecule has 2 rings (SSSR count). The standard InChI is InChI=1S/C13H16ClF3N2/c14-11-2-1-3-12(10(11)8-18)19-6-4-9(5-7-19)13(15,16)17/h1-3,9H,4-8,18H2. The highest BCUT2D eigenvalue weighted by Gasteiger charge is 2.41. The first-order chi connectivity index (χ1) is 8.93. The summed E-state index contributed by atoms with van der Waals surface area (Å²) in [5, 5.41) is 0.568. The van der Waals surface area contributed by atoms with Gasteiger partial charge in [0, 0.05) is 35.9 Å². The van der Waals surface area contributed by atoms with Crippen LogP contribution in [0.15, 0.2) is 18.2 Å². The molecule has 0 spiro atoms. The summed E-state index contributed by atoms with van der Waals surface area (Å²) in [4.78, 5) is 1.94. The second-order valence-electron chi connectivity index (χ2n) is 4.74. The molecule has 0 aromatic heterocycles. The monoisotopic (exact) mass is 292 g/mol. The average molecular weight is 293 g/mol. The molecule has 1 saturated heterocycles. The Balaban J connectivity index is 2.12. The summed E-state index contributed by atoms with van der Waals surface area (Å²) in [5.41, 5.74) is 7.32. The van der Waals surface area contributed by atoms with Crippen molar-refractivity contribution in [1.82, 2.24) is 0 Å². The molecule has 0 bridgehead atoms. The molecule has 19 heavy (non-hydrogen) atoms. The van der Waals surface area contributed by atoms with Crippen LogP contribution < -0.4 is 10.6 Å². The fourth-order valence-corrected chi connectivity index (χ4v) is 2.74. The van der Waals surface area contributed by atoms with Crippen LogP contribution in [0.2, 0.25) is 5.02 Å². The van der Waals surface area contributed by atoms with Gasteiger partial charge in [0.25, 0.3) is 0 Å². The molecule has 0 radical (unpaired) electrons. The summed E-state index contributed by atoms with van der Waals surface area (Å²) < 4.78 is 37.9. The van der Waals surface area contributed by atoms with E-state index in [1.54, 1.807) is 12.1 Å². The Morgan fingerprint density at radius 3 is 2.42 bits per heavy atom. The van der Waals surface area contributed by atoms with Gasteiger partial charge in [-0.25, -0.2) is 0 Å². The fourth-order valence-electron chi connectivity index (χ4n) is 2.49. The summed E-state index contributed by atoms with van der Waals surface area (Å²) >= 11 is 6.06. The zero-order valence-corrected chi connectivity index (χ0v) is 11.1. The minimum absolute atomic E-state index is 0.125. The number of piperidine rings is 1. The molecule has 0 saturated carbocycles. The Morgan fingerprint density at radius 2 is 1.89 bits per heavy atom. The maximum atomic E-state index is 12.6. The zero-order valence-electron chi connectivity index (χ0n) is 10.4. The van der Waals surface area contributed by atoms with E-state index in [1.807, 2.05) is 11.0 Å². The van der Waals surface area contributed by atoms with Gasteiger partial charge in [-0.2, -0.15) is 13.2 Å². The third kappa shape index (κ3) is 3.15. The number of hydrogen-bond acceptors (Lipinski definition) is 2. The first kappa shape index (κ1) is 14.5. The number of rotatable bonds is 2. The van der Waals surface area contributed by atoms with Gasteiger partial charge in [0.05, 0.1) is 5.92 Å². The second kappa shape index (κ2) is 5.59. The number of nitrogens with two attached hydrogens (primary N) is 1. The SMILES string of the molecule is NCc1c(Cl)cccc1N1CCC(C(F)(F)F)CC1. The Bertz CT molecular complexity index is 440. The quantitative estimate of drug-likeness (QED) is 0.903. The summed E-state index contributed by atoms with van der Waals surface area (Å²) in [5.74, 6) is -1.19. The molecule has 106 valence electrons.